The van der Waals surface area contributed by atoms with E-state index in [1.54, 1.807) is 0 Å². The average molecular weight is 287 g/mol. The van der Waals surface area contributed by atoms with Crippen molar-refractivity contribution in [3.8, 4) is 0 Å². The molecule has 1 rings (SSSR count). The van der Waals surface area contributed by atoms with Gasteiger partial charge in [0.25, 0.3) is 0 Å². The lowest BCUT2D eigenvalue weighted by molar-refractivity contribution is 1.10. The molecule has 19 heavy (non-hydrogen) atoms. The van der Waals surface area contributed by atoms with Crippen LogP contribution in [0.3, 0.4) is 0 Å². The Morgan fingerprint density at radius 1 is 0.632 bits per heavy atom. The summed E-state index contributed by atoms with van der Waals surface area (Å²) in [4.78, 5) is 0. The summed E-state index contributed by atoms with van der Waals surface area (Å²) >= 11 is 0. The molecule has 1 heteroatoms. The monoisotopic (exact) mass is 286 g/mol. The third-order valence-corrected chi connectivity index (χ3v) is 1.84. The van der Waals surface area contributed by atoms with Gasteiger partial charge in [0.1, 0.15) is 0 Å². The number of hydrogen-bond acceptors (Lipinski definition) is 0. The van der Waals surface area contributed by atoms with Crippen LogP contribution in [-0.2, 0) is 12.8 Å². The first-order valence-corrected chi connectivity index (χ1v) is 9.94. The lowest BCUT2D eigenvalue weighted by Gasteiger charge is -2.01. The number of aryl methyl sites for hydroxylation is 2. The Balaban J connectivity index is -0.0000000652. The maximum absolute atomic E-state index is 2.33. The second-order valence-electron chi connectivity index (χ2n) is 5.52. The molecule has 0 saturated heterocycles. The summed E-state index contributed by atoms with van der Waals surface area (Å²) in [5, 5.41) is 0. The molecule has 0 fully saturated rings. The Bertz CT molecular complexity index is 225. The fraction of sp³-hybridized carbons (Fsp3) is 0.667. The molecule has 1 aromatic carbocycles. The van der Waals surface area contributed by atoms with Crippen molar-refractivity contribution in [2.75, 3.05) is 0 Å². The van der Waals surface area contributed by atoms with E-state index in [9.17, 15) is 0 Å². The van der Waals surface area contributed by atoms with E-state index in [4.69, 9.17) is 0 Å². The van der Waals surface area contributed by atoms with Crippen LogP contribution in [0, 0.1) is 0 Å². The van der Waals surface area contributed by atoms with Crippen LogP contribution in [0.1, 0.15) is 54.7 Å². The molecule has 0 aliphatic rings. The summed E-state index contributed by atoms with van der Waals surface area (Å²) in [7, 11) is -0.611. The Morgan fingerprint density at radius 2 is 0.789 bits per heavy atom. The summed E-state index contributed by atoms with van der Waals surface area (Å²) in [6.07, 6.45) is 2.29. The molecule has 118 valence electrons. The summed E-state index contributed by atoms with van der Waals surface area (Å²) in [5.74, 6) is 0. The van der Waals surface area contributed by atoms with E-state index in [0.717, 1.165) is 12.8 Å². The highest BCUT2D eigenvalue weighted by atomic mass is 28.3. The quantitative estimate of drug-likeness (QED) is 0.500. The minimum atomic E-state index is -0.611. The first-order chi connectivity index (χ1) is 6.86. The van der Waals surface area contributed by atoms with Gasteiger partial charge < -0.3 is 0 Å². The molecular formula is C18H42Si. The zero-order valence-corrected chi connectivity index (χ0v) is 12.2. The van der Waals surface area contributed by atoms with Crippen LogP contribution in [-0.4, -0.2) is 8.07 Å². The van der Waals surface area contributed by atoms with Crippen molar-refractivity contribution in [2.45, 2.75) is 82.6 Å². The van der Waals surface area contributed by atoms with E-state index in [-0.39, 0.29) is 29.7 Å². The SMILES string of the molecule is C.C.C.C.CCc1ccc(CC)cc1.C[Si](C)(C)C. The zero-order chi connectivity index (χ0) is 11.9. The molecule has 0 aliphatic heterocycles. The van der Waals surface area contributed by atoms with Gasteiger partial charge in [-0.15, -0.1) is 0 Å². The maximum atomic E-state index is 2.33. The largest absolute Gasteiger partial charge is 0.0776 e. The summed E-state index contributed by atoms with van der Waals surface area (Å²) < 4.78 is 0. The number of hydrogen-bond donors (Lipinski definition) is 0. The molecular weight excluding hydrogens is 244 g/mol. The van der Waals surface area contributed by atoms with Gasteiger partial charge in [0.05, 0.1) is 0 Å². The van der Waals surface area contributed by atoms with Crippen LogP contribution in [0.25, 0.3) is 0 Å². The fourth-order valence-corrected chi connectivity index (χ4v) is 1.01. The molecule has 0 atom stereocenters. The summed E-state index contributed by atoms with van der Waals surface area (Å²) in [5.41, 5.74) is 2.86. The zero-order valence-electron chi connectivity index (χ0n) is 11.2. The van der Waals surface area contributed by atoms with Gasteiger partial charge in [-0.1, -0.05) is 94.0 Å². The van der Waals surface area contributed by atoms with Gasteiger partial charge in [0.15, 0.2) is 0 Å². The van der Waals surface area contributed by atoms with Gasteiger partial charge in [-0.05, 0) is 24.0 Å². The Labute approximate surface area is 126 Å². The van der Waals surface area contributed by atoms with Gasteiger partial charge in [0, 0.05) is 8.07 Å². The van der Waals surface area contributed by atoms with Gasteiger partial charge in [-0.25, -0.2) is 0 Å². The summed E-state index contributed by atoms with van der Waals surface area (Å²) in [6, 6.07) is 8.83. The van der Waals surface area contributed by atoms with Gasteiger partial charge in [-0.3, -0.25) is 0 Å². The first kappa shape index (κ1) is 31.0. The normalized spacial score (nSPS) is 8.32. The van der Waals surface area contributed by atoms with E-state index in [0.29, 0.717) is 0 Å². The second-order valence-corrected chi connectivity index (χ2v) is 11.5. The van der Waals surface area contributed by atoms with Crippen LogP contribution in [0.5, 0.6) is 0 Å². The molecule has 0 amide bonds. The van der Waals surface area contributed by atoms with Gasteiger partial charge >= 0.3 is 0 Å². The van der Waals surface area contributed by atoms with E-state index < -0.39 is 8.07 Å². The smallest absolute Gasteiger partial charge is 0.0411 e. The second kappa shape index (κ2) is 15.5. The van der Waals surface area contributed by atoms with Gasteiger partial charge in [0.2, 0.25) is 0 Å². The molecule has 0 nitrogen and oxygen atoms in total. The molecule has 0 unspecified atom stereocenters. The highest BCUT2D eigenvalue weighted by molar-refractivity contribution is 6.74. The van der Waals surface area contributed by atoms with Crippen LogP contribution in [0.2, 0.25) is 26.2 Å². The molecule has 0 aromatic heterocycles. The van der Waals surface area contributed by atoms with Crippen molar-refractivity contribution in [1.29, 1.82) is 0 Å². The van der Waals surface area contributed by atoms with Crippen molar-refractivity contribution in [3.05, 3.63) is 35.4 Å². The van der Waals surface area contributed by atoms with Crippen molar-refractivity contribution >= 4 is 8.07 Å². The summed E-state index contributed by atoms with van der Waals surface area (Å²) in [6.45, 7) is 13.7. The average Bonchev–Trinajstić information content (AvgIpc) is 2.15. The standard InChI is InChI=1S/C10H14.C4H12Si.4CH4/c1-3-9-5-7-10(4-2)8-6-9;1-5(2,3)4;;;;/h5-8H,3-4H2,1-2H3;1-4H3;4*1H4. The maximum Gasteiger partial charge on any atom is 0.0411 e. The van der Waals surface area contributed by atoms with Crippen LogP contribution < -0.4 is 0 Å². The van der Waals surface area contributed by atoms with Crippen molar-refractivity contribution in [3.63, 3.8) is 0 Å². The third kappa shape index (κ3) is 23.0. The predicted molar refractivity (Wildman–Crippen MR) is 101 cm³/mol. The molecule has 0 N–H and O–H groups in total. The third-order valence-electron chi connectivity index (χ3n) is 1.84. The fourth-order valence-electron chi connectivity index (χ4n) is 1.01. The van der Waals surface area contributed by atoms with Crippen LogP contribution in [0.15, 0.2) is 24.3 Å². The minimum Gasteiger partial charge on any atom is -0.0776 e. The molecule has 0 saturated carbocycles. The van der Waals surface area contributed by atoms with E-state index in [2.05, 4.69) is 64.3 Å². The van der Waals surface area contributed by atoms with Crippen LogP contribution >= 0.6 is 0 Å². The number of benzene rings is 1. The molecule has 1 aromatic rings. The van der Waals surface area contributed by atoms with E-state index in [1.807, 2.05) is 0 Å². The predicted octanol–water partition coefficient (Wildman–Crippen LogP) is 7.31. The molecule has 0 radical (unpaired) electrons. The first-order valence-electron chi connectivity index (χ1n) is 5.94. The lowest BCUT2D eigenvalue weighted by atomic mass is 10.1. The highest BCUT2D eigenvalue weighted by Crippen LogP contribution is 2.04. The lowest BCUT2D eigenvalue weighted by Crippen LogP contribution is -2.10. The van der Waals surface area contributed by atoms with Crippen molar-refractivity contribution in [1.82, 2.24) is 0 Å². The van der Waals surface area contributed by atoms with Crippen molar-refractivity contribution < 1.29 is 0 Å². The van der Waals surface area contributed by atoms with Crippen LogP contribution in [0.4, 0.5) is 0 Å². The molecule has 0 spiro atoms. The van der Waals surface area contributed by atoms with Crippen molar-refractivity contribution in [2.24, 2.45) is 0 Å². The highest BCUT2D eigenvalue weighted by Gasteiger charge is 1.99. The van der Waals surface area contributed by atoms with Gasteiger partial charge in [-0.2, -0.15) is 0 Å². The van der Waals surface area contributed by atoms with E-state index >= 15 is 0 Å². The Morgan fingerprint density at radius 3 is 0.895 bits per heavy atom. The molecule has 0 aliphatic carbocycles. The van der Waals surface area contributed by atoms with E-state index in [1.165, 1.54) is 11.1 Å². The topological polar surface area (TPSA) is 0 Å². The Kier molecular flexibility index (Phi) is 25.3. The minimum absolute atomic E-state index is 0. The Hall–Kier alpha value is -0.563. The number of rotatable bonds is 2. The molecule has 0 heterocycles. The molecule has 0 bridgehead atoms.